The second-order valence-electron chi connectivity index (χ2n) is 8.75. The molecule has 0 N–H and O–H groups in total. The van der Waals surface area contributed by atoms with Crippen LogP contribution in [-0.4, -0.2) is 64.4 Å². The van der Waals surface area contributed by atoms with Crippen LogP contribution in [0.15, 0.2) is 42.7 Å². The van der Waals surface area contributed by atoms with Crippen LogP contribution in [0.3, 0.4) is 0 Å². The summed E-state index contributed by atoms with van der Waals surface area (Å²) in [5, 5.41) is 0. The summed E-state index contributed by atoms with van der Waals surface area (Å²) in [5.74, 6) is 1.80. The van der Waals surface area contributed by atoms with Crippen molar-refractivity contribution >= 4 is 5.69 Å². The van der Waals surface area contributed by atoms with Gasteiger partial charge >= 0.3 is 0 Å². The van der Waals surface area contributed by atoms with Gasteiger partial charge in [-0.15, -0.1) is 0 Å². The number of anilines is 1. The first-order valence-electron chi connectivity index (χ1n) is 11.5. The lowest BCUT2D eigenvalue weighted by molar-refractivity contribution is 0.110. The molecule has 0 unspecified atom stereocenters. The Morgan fingerprint density at radius 3 is 2.18 bits per heavy atom. The minimum absolute atomic E-state index is 0.502. The Hall–Kier alpha value is -3.29. The Kier molecular flexibility index (Phi) is 6.30. The molecule has 0 bridgehead atoms. The highest BCUT2D eigenvalue weighted by Gasteiger charge is 2.23. The van der Waals surface area contributed by atoms with Crippen LogP contribution in [0.25, 0.3) is 22.3 Å². The maximum absolute atomic E-state index is 6.19. The number of rotatable bonds is 5. The molecule has 0 radical (unpaired) electrons. The molecule has 0 atom stereocenters. The number of aromatic nitrogens is 1. The van der Waals surface area contributed by atoms with Crippen molar-refractivity contribution in [2.24, 2.45) is 0 Å². The van der Waals surface area contributed by atoms with Crippen molar-refractivity contribution in [2.75, 3.05) is 59.5 Å². The monoisotopic (exact) mass is 461 g/mol. The number of benzene rings is 2. The first-order chi connectivity index (χ1) is 16.6. The van der Waals surface area contributed by atoms with Gasteiger partial charge in [-0.2, -0.15) is 0 Å². The molecule has 0 saturated carbocycles. The summed E-state index contributed by atoms with van der Waals surface area (Å²) in [6.45, 7) is 5.32. The molecule has 1 fully saturated rings. The van der Waals surface area contributed by atoms with Gasteiger partial charge in [0.05, 0.1) is 34.5 Å². The third kappa shape index (κ3) is 4.06. The number of piperazine rings is 1. The summed E-state index contributed by atoms with van der Waals surface area (Å²) in [4.78, 5) is 9.43. The molecule has 34 heavy (non-hydrogen) atoms. The van der Waals surface area contributed by atoms with E-state index in [-0.39, 0.29) is 0 Å². The lowest BCUT2D eigenvalue weighted by Crippen LogP contribution is -2.44. The smallest absolute Gasteiger partial charge is 0.203 e. The van der Waals surface area contributed by atoms with Crippen LogP contribution in [0, 0.1) is 0 Å². The quantitative estimate of drug-likeness (QED) is 0.564. The van der Waals surface area contributed by atoms with Crippen LogP contribution in [0.1, 0.15) is 11.1 Å². The fourth-order valence-electron chi connectivity index (χ4n) is 4.85. The van der Waals surface area contributed by atoms with Gasteiger partial charge in [-0.05, 0) is 53.6 Å². The maximum atomic E-state index is 6.19. The normalized spacial score (nSPS) is 15.8. The highest BCUT2D eigenvalue weighted by molar-refractivity contribution is 5.82. The average molecular weight is 462 g/mol. The Morgan fingerprint density at radius 1 is 0.794 bits per heavy atom. The molecule has 7 nitrogen and oxygen atoms in total. The van der Waals surface area contributed by atoms with Crippen molar-refractivity contribution in [1.29, 1.82) is 0 Å². The fraction of sp³-hybridized carbons (Fsp3) is 0.370. The number of fused-ring (bicyclic) bond motifs is 3. The number of methoxy groups -OCH3 is 3. The molecule has 2 aromatic carbocycles. The molecule has 5 rings (SSSR count). The third-order valence-corrected chi connectivity index (χ3v) is 6.78. The van der Waals surface area contributed by atoms with Crippen molar-refractivity contribution in [3.05, 3.63) is 53.9 Å². The number of likely N-dealkylation sites (N-methyl/N-ethyl adjacent to an activating group) is 1. The number of hydrogen-bond donors (Lipinski definition) is 0. The van der Waals surface area contributed by atoms with E-state index in [9.17, 15) is 0 Å². The molecular weight excluding hydrogens is 430 g/mol. The van der Waals surface area contributed by atoms with Gasteiger partial charge in [0.2, 0.25) is 5.75 Å². The molecule has 1 saturated heterocycles. The van der Waals surface area contributed by atoms with Crippen molar-refractivity contribution in [3.63, 3.8) is 0 Å². The molecule has 178 valence electrons. The van der Waals surface area contributed by atoms with Crippen LogP contribution in [-0.2, 0) is 18.0 Å². The minimum atomic E-state index is 0.502. The zero-order valence-corrected chi connectivity index (χ0v) is 20.3. The van der Waals surface area contributed by atoms with Crippen LogP contribution < -0.4 is 19.1 Å². The van der Waals surface area contributed by atoms with Gasteiger partial charge < -0.3 is 28.7 Å². The third-order valence-electron chi connectivity index (χ3n) is 6.78. The van der Waals surface area contributed by atoms with E-state index in [1.165, 1.54) is 16.8 Å². The standard InChI is InChI=1S/C27H31N3O4/c1-29-7-9-30(10-8-29)20-5-6-21-19(11-20)16-34-17-24-22(14-28-15-23(21)24)18-12-25(31-2)27(33-4)26(13-18)32-3/h5-6,11-15H,7-10,16-17H2,1-4H3. The highest BCUT2D eigenvalue weighted by Crippen LogP contribution is 2.44. The second kappa shape index (κ2) is 9.52. The van der Waals surface area contributed by atoms with Crippen molar-refractivity contribution in [2.45, 2.75) is 13.2 Å². The van der Waals surface area contributed by atoms with Gasteiger partial charge in [0.25, 0.3) is 0 Å². The largest absolute Gasteiger partial charge is 0.493 e. The number of ether oxygens (including phenoxy) is 4. The van der Waals surface area contributed by atoms with Crippen LogP contribution in [0.2, 0.25) is 0 Å². The molecule has 2 aliphatic heterocycles. The summed E-state index contributed by atoms with van der Waals surface area (Å²) >= 11 is 0. The molecule has 2 aliphatic rings. The molecule has 0 aliphatic carbocycles. The number of nitrogens with zero attached hydrogens (tertiary/aromatic N) is 3. The second-order valence-corrected chi connectivity index (χ2v) is 8.75. The molecule has 0 amide bonds. The summed E-state index contributed by atoms with van der Waals surface area (Å²) < 4.78 is 22.8. The molecular formula is C27H31N3O4. The Bertz CT molecular complexity index is 1160. The van der Waals surface area contributed by atoms with E-state index >= 15 is 0 Å². The molecule has 0 spiro atoms. The molecule has 7 heteroatoms. The maximum Gasteiger partial charge on any atom is 0.203 e. The Balaban J connectivity index is 1.57. The zero-order chi connectivity index (χ0) is 23.7. The summed E-state index contributed by atoms with van der Waals surface area (Å²) in [6, 6.07) is 10.6. The van der Waals surface area contributed by atoms with E-state index < -0.39 is 0 Å². The highest BCUT2D eigenvalue weighted by atomic mass is 16.5. The van der Waals surface area contributed by atoms with E-state index in [0.29, 0.717) is 30.5 Å². The van der Waals surface area contributed by atoms with Crippen molar-refractivity contribution in [3.8, 4) is 39.5 Å². The first-order valence-corrected chi connectivity index (χ1v) is 11.5. The predicted molar refractivity (Wildman–Crippen MR) is 133 cm³/mol. The summed E-state index contributed by atoms with van der Waals surface area (Å²) in [5.41, 5.74) is 7.77. The summed E-state index contributed by atoms with van der Waals surface area (Å²) in [7, 11) is 7.04. The molecule has 3 heterocycles. The van der Waals surface area contributed by atoms with E-state index in [2.05, 4.69) is 40.0 Å². The fourth-order valence-corrected chi connectivity index (χ4v) is 4.85. The SMILES string of the molecule is COc1cc(-c2cncc3c2COCc2cc(N4CCN(C)CC4)ccc2-3)cc(OC)c1OC. The van der Waals surface area contributed by atoms with Crippen LogP contribution in [0.4, 0.5) is 5.69 Å². The number of pyridine rings is 1. The first kappa shape index (κ1) is 22.5. The van der Waals surface area contributed by atoms with Gasteiger partial charge in [0.1, 0.15) is 0 Å². The van der Waals surface area contributed by atoms with Gasteiger partial charge in [-0.3, -0.25) is 4.98 Å². The Morgan fingerprint density at radius 2 is 1.50 bits per heavy atom. The predicted octanol–water partition coefficient (Wildman–Crippen LogP) is 4.22. The van der Waals surface area contributed by atoms with Crippen molar-refractivity contribution < 1.29 is 18.9 Å². The van der Waals surface area contributed by atoms with Crippen LogP contribution >= 0.6 is 0 Å². The topological polar surface area (TPSA) is 56.3 Å². The average Bonchev–Trinajstić information content (AvgIpc) is 3.07. The summed E-state index contributed by atoms with van der Waals surface area (Å²) in [6.07, 6.45) is 3.83. The van der Waals surface area contributed by atoms with Gasteiger partial charge in [0, 0.05) is 55.4 Å². The lowest BCUT2D eigenvalue weighted by Gasteiger charge is -2.34. The van der Waals surface area contributed by atoms with Gasteiger partial charge in [-0.25, -0.2) is 0 Å². The van der Waals surface area contributed by atoms with Gasteiger partial charge in [0.15, 0.2) is 11.5 Å². The van der Waals surface area contributed by atoms with Crippen molar-refractivity contribution in [1.82, 2.24) is 9.88 Å². The van der Waals surface area contributed by atoms with E-state index in [1.54, 1.807) is 21.3 Å². The Labute approximate surface area is 200 Å². The minimum Gasteiger partial charge on any atom is -0.493 e. The van der Waals surface area contributed by atoms with E-state index in [4.69, 9.17) is 18.9 Å². The van der Waals surface area contributed by atoms with E-state index in [0.717, 1.165) is 48.4 Å². The number of hydrogen-bond acceptors (Lipinski definition) is 7. The lowest BCUT2D eigenvalue weighted by atomic mass is 9.92. The van der Waals surface area contributed by atoms with E-state index in [1.807, 2.05) is 24.5 Å². The zero-order valence-electron chi connectivity index (χ0n) is 20.3. The van der Waals surface area contributed by atoms with Gasteiger partial charge in [-0.1, -0.05) is 6.07 Å². The molecule has 3 aromatic rings. The van der Waals surface area contributed by atoms with Crippen LogP contribution in [0.5, 0.6) is 17.2 Å². The molecule has 1 aromatic heterocycles.